The van der Waals surface area contributed by atoms with Gasteiger partial charge in [-0.15, -0.1) is 10.8 Å². The Hall–Kier alpha value is -1.76. The Bertz CT molecular complexity index is 1210. The van der Waals surface area contributed by atoms with Crippen molar-refractivity contribution in [3.8, 4) is 0 Å². The van der Waals surface area contributed by atoms with E-state index in [2.05, 4.69) is 10.6 Å². The molecule has 1 unspecified atom stereocenters. The van der Waals surface area contributed by atoms with Gasteiger partial charge in [0.25, 0.3) is 0 Å². The molecule has 2 saturated heterocycles. The van der Waals surface area contributed by atoms with E-state index in [1.54, 1.807) is 19.2 Å². The van der Waals surface area contributed by atoms with Crippen LogP contribution < -0.4 is 16.4 Å². The van der Waals surface area contributed by atoms with Crippen molar-refractivity contribution in [2.45, 2.75) is 81.5 Å². The van der Waals surface area contributed by atoms with E-state index in [1.165, 1.54) is 6.07 Å². The van der Waals surface area contributed by atoms with E-state index >= 15 is 4.39 Å². The van der Waals surface area contributed by atoms with Gasteiger partial charge in [0.05, 0.1) is 17.9 Å². The van der Waals surface area contributed by atoms with E-state index in [0.29, 0.717) is 48.0 Å². The van der Waals surface area contributed by atoms with Crippen LogP contribution in [0.4, 0.5) is 10.1 Å². The summed E-state index contributed by atoms with van der Waals surface area (Å²) in [5.41, 5.74) is 8.48. The number of nitrogens with zero attached hydrogens (tertiary/aromatic N) is 1. The van der Waals surface area contributed by atoms with Crippen molar-refractivity contribution in [1.29, 1.82) is 0 Å². The number of carbonyl (C=O) groups excluding carboxylic acids is 1. The van der Waals surface area contributed by atoms with Crippen LogP contribution in [-0.4, -0.2) is 69.5 Å². The van der Waals surface area contributed by atoms with Gasteiger partial charge in [0, 0.05) is 54.5 Å². The number of hydrogen-bond donors (Lipinski definition) is 5. The molecule has 42 heavy (non-hydrogen) atoms. The SMILES string of the molecule is COC1CCC([C@H](c2ccc(Cl)cc2)[C@H](N)C(=O)Nc2cccc(F)c2CC[C@H]2CN[C@@H]3CCCS(O)(O)N2C3)CC1. The van der Waals surface area contributed by atoms with Crippen LogP contribution in [0.3, 0.4) is 0 Å². The predicted molar refractivity (Wildman–Crippen MR) is 168 cm³/mol. The number of piperazine rings is 1. The molecule has 5 rings (SSSR count). The van der Waals surface area contributed by atoms with Gasteiger partial charge < -0.3 is 21.1 Å². The normalized spacial score (nSPS) is 29.6. The lowest BCUT2D eigenvalue weighted by Crippen LogP contribution is -2.55. The van der Waals surface area contributed by atoms with Crippen molar-refractivity contribution in [2.75, 3.05) is 31.3 Å². The molecule has 3 fully saturated rings. The number of rotatable bonds is 9. The van der Waals surface area contributed by atoms with Gasteiger partial charge in [-0.05, 0) is 87.1 Å². The van der Waals surface area contributed by atoms with Crippen LogP contribution in [0.2, 0.25) is 5.02 Å². The van der Waals surface area contributed by atoms with Crippen molar-refractivity contribution in [2.24, 2.45) is 11.7 Å². The highest BCUT2D eigenvalue weighted by Crippen LogP contribution is 2.49. The lowest BCUT2D eigenvalue weighted by Gasteiger charge is -2.49. The fourth-order valence-electron chi connectivity index (χ4n) is 7.03. The van der Waals surface area contributed by atoms with Gasteiger partial charge in [-0.1, -0.05) is 29.8 Å². The summed E-state index contributed by atoms with van der Waals surface area (Å²) in [6, 6.07) is 11.4. The first-order valence-corrected chi connectivity index (χ1v) is 17.1. The number of methoxy groups -OCH3 is 1. The average Bonchev–Trinajstić information content (AvgIpc) is 3.10. The Morgan fingerprint density at radius 1 is 1.19 bits per heavy atom. The second-order valence-electron chi connectivity index (χ2n) is 12.0. The van der Waals surface area contributed by atoms with E-state index in [1.807, 2.05) is 28.6 Å². The monoisotopic (exact) mass is 622 g/mol. The molecule has 2 aromatic rings. The second kappa shape index (κ2) is 13.9. The topological polar surface area (TPSA) is 120 Å². The van der Waals surface area contributed by atoms with E-state index in [4.69, 9.17) is 22.1 Å². The van der Waals surface area contributed by atoms with Crippen molar-refractivity contribution < 1.29 is 23.0 Å². The molecule has 2 bridgehead atoms. The molecule has 5 atom stereocenters. The Labute approximate surface area is 255 Å². The number of ether oxygens (including phenoxy) is 1. The number of halogens is 2. The number of anilines is 1. The first-order chi connectivity index (χ1) is 20.2. The van der Waals surface area contributed by atoms with Crippen LogP contribution in [0.5, 0.6) is 0 Å². The Morgan fingerprint density at radius 2 is 1.93 bits per heavy atom. The molecule has 1 amide bonds. The molecule has 0 radical (unpaired) electrons. The number of nitrogens with two attached hydrogens (primary N) is 1. The molecule has 2 heterocycles. The molecular weight excluding hydrogens is 579 g/mol. The minimum absolute atomic E-state index is 0.147. The number of hydrogen-bond acceptors (Lipinski definition) is 7. The summed E-state index contributed by atoms with van der Waals surface area (Å²) in [5.74, 6) is -0.437. The minimum Gasteiger partial charge on any atom is -0.381 e. The molecule has 3 aliphatic rings. The van der Waals surface area contributed by atoms with Gasteiger partial charge >= 0.3 is 0 Å². The fourth-order valence-corrected chi connectivity index (χ4v) is 9.03. The zero-order valence-corrected chi connectivity index (χ0v) is 25.8. The van der Waals surface area contributed by atoms with Crippen molar-refractivity contribution in [3.05, 3.63) is 64.4 Å². The third-order valence-electron chi connectivity index (χ3n) is 9.41. The molecule has 2 aromatic carbocycles. The summed E-state index contributed by atoms with van der Waals surface area (Å²) in [7, 11) is -1.12. The average molecular weight is 623 g/mol. The smallest absolute Gasteiger partial charge is 0.241 e. The first-order valence-electron chi connectivity index (χ1n) is 15.0. The third-order valence-corrected chi connectivity index (χ3v) is 11.7. The van der Waals surface area contributed by atoms with Crippen LogP contribution in [0.15, 0.2) is 42.5 Å². The molecule has 232 valence electrons. The van der Waals surface area contributed by atoms with Crippen molar-refractivity contribution in [1.82, 2.24) is 9.62 Å². The molecule has 6 N–H and O–H groups in total. The third kappa shape index (κ3) is 7.30. The van der Waals surface area contributed by atoms with Crippen LogP contribution in [0.1, 0.15) is 62.0 Å². The number of amides is 1. The molecule has 8 nitrogen and oxygen atoms in total. The van der Waals surface area contributed by atoms with E-state index in [0.717, 1.165) is 44.1 Å². The number of fused-ring (bicyclic) bond motifs is 2. The summed E-state index contributed by atoms with van der Waals surface area (Å²) >= 11 is 6.16. The molecular formula is C31H44ClFN4O4S. The van der Waals surface area contributed by atoms with Crippen LogP contribution in [-0.2, 0) is 16.0 Å². The summed E-state index contributed by atoms with van der Waals surface area (Å²) < 4.78 is 44.2. The second-order valence-corrected chi connectivity index (χ2v) is 14.6. The van der Waals surface area contributed by atoms with Crippen molar-refractivity contribution >= 4 is 34.0 Å². The predicted octanol–water partition coefficient (Wildman–Crippen LogP) is 5.77. The first kappa shape index (κ1) is 31.7. The Kier molecular flexibility index (Phi) is 10.5. The highest BCUT2D eigenvalue weighted by atomic mass is 35.5. The molecule has 11 heteroatoms. The lowest BCUT2D eigenvalue weighted by molar-refractivity contribution is -0.118. The van der Waals surface area contributed by atoms with Gasteiger partial charge in [-0.3, -0.25) is 13.9 Å². The summed E-state index contributed by atoms with van der Waals surface area (Å²) in [5, 5.41) is 7.08. The van der Waals surface area contributed by atoms with Gasteiger partial charge in [0.15, 0.2) is 0 Å². The van der Waals surface area contributed by atoms with E-state index in [-0.39, 0.29) is 35.9 Å². The Balaban J connectivity index is 1.31. The summed E-state index contributed by atoms with van der Waals surface area (Å²) in [6.07, 6.45) is 6.34. The maximum absolute atomic E-state index is 15.2. The highest BCUT2D eigenvalue weighted by molar-refractivity contribution is 8.22. The highest BCUT2D eigenvalue weighted by Gasteiger charge is 2.39. The molecule has 1 saturated carbocycles. The maximum Gasteiger partial charge on any atom is 0.241 e. The van der Waals surface area contributed by atoms with Gasteiger partial charge in [-0.2, -0.15) is 0 Å². The lowest BCUT2D eigenvalue weighted by atomic mass is 9.72. The van der Waals surface area contributed by atoms with E-state index in [9.17, 15) is 13.9 Å². The fraction of sp³-hybridized carbons (Fsp3) is 0.581. The van der Waals surface area contributed by atoms with E-state index < -0.39 is 22.6 Å². The standard InChI is InChI=1S/C31H44ClFN4O4S/c1-41-25-14-9-21(10-15-25)29(20-7-11-22(32)12-8-20)30(34)31(38)36-28-6-2-5-27(33)26(28)16-13-24-18-35-23-4-3-17-42(39,40)37(24)19-23/h2,5-8,11-12,21,23-25,29-30,35,39-40H,3-4,9-10,13-19,34H2,1H3,(H,36,38)/t21?,23-,24+,25?,29+,30+/m1/s1. The van der Waals surface area contributed by atoms with Crippen LogP contribution in [0.25, 0.3) is 0 Å². The molecule has 0 spiro atoms. The number of carbonyl (C=O) groups is 1. The van der Waals surface area contributed by atoms with Crippen molar-refractivity contribution in [3.63, 3.8) is 0 Å². The maximum atomic E-state index is 15.2. The summed E-state index contributed by atoms with van der Waals surface area (Å²) in [4.78, 5) is 13.7. The van der Waals surface area contributed by atoms with Gasteiger partial charge in [-0.25, -0.2) is 8.70 Å². The Morgan fingerprint density at radius 3 is 2.64 bits per heavy atom. The number of nitrogens with one attached hydrogen (secondary N) is 2. The summed E-state index contributed by atoms with van der Waals surface area (Å²) in [6.45, 7) is 1.18. The van der Waals surface area contributed by atoms with Gasteiger partial charge in [0.1, 0.15) is 5.82 Å². The zero-order valence-electron chi connectivity index (χ0n) is 24.2. The minimum atomic E-state index is -2.85. The van der Waals surface area contributed by atoms with Gasteiger partial charge in [0.2, 0.25) is 5.91 Å². The number of benzene rings is 2. The molecule has 1 aliphatic carbocycles. The van der Waals surface area contributed by atoms with Crippen LogP contribution >= 0.6 is 22.4 Å². The zero-order chi connectivity index (χ0) is 29.9. The van der Waals surface area contributed by atoms with Crippen LogP contribution in [0, 0.1) is 11.7 Å². The molecule has 0 aromatic heterocycles. The largest absolute Gasteiger partial charge is 0.381 e. The quantitative estimate of drug-likeness (QED) is 0.241. The molecule has 2 aliphatic heterocycles.